The highest BCUT2D eigenvalue weighted by Crippen LogP contribution is 2.28. The van der Waals surface area contributed by atoms with E-state index in [1.54, 1.807) is 7.05 Å². The Morgan fingerprint density at radius 3 is 2.64 bits per heavy atom. The molecule has 1 fully saturated rings. The van der Waals surface area contributed by atoms with E-state index in [0.29, 0.717) is 6.54 Å². The third kappa shape index (κ3) is 5.00. The summed E-state index contributed by atoms with van der Waals surface area (Å²) in [7, 11) is 3.78. The first-order valence-corrected chi connectivity index (χ1v) is 8.50. The van der Waals surface area contributed by atoms with Crippen LogP contribution < -0.4 is 10.6 Å². The van der Waals surface area contributed by atoms with Gasteiger partial charge in [0.05, 0.1) is 6.54 Å². The van der Waals surface area contributed by atoms with E-state index >= 15 is 0 Å². The maximum Gasteiger partial charge on any atom is 0.191 e. The number of aliphatic imine (C=N–C) groups is 1. The number of unbranched alkanes of at least 4 members (excludes halogenated alkanes) is 1. The van der Waals surface area contributed by atoms with E-state index in [1.807, 2.05) is 18.5 Å². The predicted molar refractivity (Wildman–Crippen MR) is 89.8 cm³/mol. The van der Waals surface area contributed by atoms with Gasteiger partial charge in [0.1, 0.15) is 5.82 Å². The van der Waals surface area contributed by atoms with Crippen molar-refractivity contribution in [3.05, 3.63) is 11.6 Å². The molecule has 0 unspecified atom stereocenters. The number of aromatic nitrogens is 3. The molecule has 22 heavy (non-hydrogen) atoms. The predicted octanol–water partition coefficient (Wildman–Crippen LogP) is 2.15. The molecule has 0 amide bonds. The number of guanidine groups is 1. The van der Waals surface area contributed by atoms with Crippen LogP contribution >= 0.6 is 0 Å². The first-order valence-electron chi connectivity index (χ1n) is 8.50. The van der Waals surface area contributed by atoms with Gasteiger partial charge in [-0.15, -0.1) is 10.2 Å². The van der Waals surface area contributed by atoms with Crippen LogP contribution in [0.3, 0.4) is 0 Å². The van der Waals surface area contributed by atoms with E-state index in [0.717, 1.165) is 30.1 Å². The second-order valence-electron chi connectivity index (χ2n) is 6.22. The zero-order valence-electron chi connectivity index (χ0n) is 14.2. The van der Waals surface area contributed by atoms with Gasteiger partial charge >= 0.3 is 0 Å². The van der Waals surface area contributed by atoms with E-state index in [2.05, 4.69) is 25.8 Å². The Morgan fingerprint density at radius 1 is 1.23 bits per heavy atom. The lowest BCUT2D eigenvalue weighted by Gasteiger charge is -2.12. The van der Waals surface area contributed by atoms with Gasteiger partial charge in [0.15, 0.2) is 11.8 Å². The van der Waals surface area contributed by atoms with Crippen LogP contribution in [0.5, 0.6) is 0 Å². The van der Waals surface area contributed by atoms with Gasteiger partial charge in [-0.05, 0) is 19.3 Å². The molecule has 124 valence electrons. The van der Waals surface area contributed by atoms with Crippen LogP contribution in [0.25, 0.3) is 0 Å². The van der Waals surface area contributed by atoms with Crippen molar-refractivity contribution in [3.8, 4) is 0 Å². The summed E-state index contributed by atoms with van der Waals surface area (Å²) in [5, 5.41) is 14.9. The Hall–Kier alpha value is -1.59. The first kappa shape index (κ1) is 16.8. The fourth-order valence-corrected chi connectivity index (χ4v) is 3.05. The largest absolute Gasteiger partial charge is 0.356 e. The Kier molecular flexibility index (Phi) is 6.68. The molecule has 1 saturated carbocycles. The zero-order valence-corrected chi connectivity index (χ0v) is 14.2. The lowest BCUT2D eigenvalue weighted by molar-refractivity contribution is 0.472. The fourth-order valence-electron chi connectivity index (χ4n) is 3.05. The maximum absolute atomic E-state index is 4.25. The molecule has 1 aliphatic carbocycles. The normalized spacial score (nSPS) is 16.2. The van der Waals surface area contributed by atoms with Crippen molar-refractivity contribution >= 4 is 5.96 Å². The minimum atomic E-state index is 0.638. The van der Waals surface area contributed by atoms with E-state index in [-0.39, 0.29) is 0 Å². The Balaban J connectivity index is 1.59. The van der Waals surface area contributed by atoms with Crippen LogP contribution in [-0.4, -0.2) is 34.3 Å². The molecular weight excluding hydrogens is 276 g/mol. The minimum Gasteiger partial charge on any atom is -0.356 e. The van der Waals surface area contributed by atoms with E-state index in [4.69, 9.17) is 0 Å². The van der Waals surface area contributed by atoms with Gasteiger partial charge in [-0.25, -0.2) is 0 Å². The Labute approximate surface area is 133 Å². The highest BCUT2D eigenvalue weighted by molar-refractivity contribution is 5.79. The number of hydrogen-bond acceptors (Lipinski definition) is 3. The van der Waals surface area contributed by atoms with Gasteiger partial charge < -0.3 is 15.2 Å². The highest BCUT2D eigenvalue weighted by Gasteiger charge is 2.13. The minimum absolute atomic E-state index is 0.638. The first-order chi connectivity index (χ1) is 10.7. The summed E-state index contributed by atoms with van der Waals surface area (Å²) in [6.07, 6.45) is 9.72. The van der Waals surface area contributed by atoms with Gasteiger partial charge in [0.25, 0.3) is 0 Å². The monoisotopic (exact) mass is 306 g/mol. The lowest BCUT2D eigenvalue weighted by Crippen LogP contribution is -2.37. The smallest absolute Gasteiger partial charge is 0.191 e. The van der Waals surface area contributed by atoms with Crippen LogP contribution in [-0.2, 0) is 13.6 Å². The van der Waals surface area contributed by atoms with Crippen LogP contribution in [0.4, 0.5) is 0 Å². The SMILES string of the molecule is CN=C(NCCCCC1CCCC1)NCc1nnc(C)n1C. The summed E-state index contributed by atoms with van der Waals surface area (Å²) in [5.74, 6) is 3.67. The van der Waals surface area contributed by atoms with E-state index in [1.165, 1.54) is 44.9 Å². The molecule has 2 rings (SSSR count). The maximum atomic E-state index is 4.25. The fraction of sp³-hybridized carbons (Fsp3) is 0.812. The summed E-state index contributed by atoms with van der Waals surface area (Å²) in [6.45, 7) is 3.57. The molecule has 1 heterocycles. The molecule has 2 N–H and O–H groups in total. The van der Waals surface area contributed by atoms with Gasteiger partial charge in [-0.3, -0.25) is 4.99 Å². The summed E-state index contributed by atoms with van der Waals surface area (Å²) in [6, 6.07) is 0. The highest BCUT2D eigenvalue weighted by atomic mass is 15.3. The number of aryl methyl sites for hydroxylation is 1. The third-order valence-electron chi connectivity index (χ3n) is 4.63. The lowest BCUT2D eigenvalue weighted by atomic mass is 10.0. The molecule has 0 radical (unpaired) electrons. The molecule has 0 aliphatic heterocycles. The number of hydrogen-bond donors (Lipinski definition) is 2. The van der Waals surface area contributed by atoms with Crippen molar-refractivity contribution in [2.45, 2.75) is 58.4 Å². The van der Waals surface area contributed by atoms with Gasteiger partial charge in [-0.1, -0.05) is 38.5 Å². The Morgan fingerprint density at radius 2 is 2.00 bits per heavy atom. The topological polar surface area (TPSA) is 67.1 Å². The summed E-state index contributed by atoms with van der Waals surface area (Å²) < 4.78 is 1.99. The van der Waals surface area contributed by atoms with Crippen molar-refractivity contribution in [1.82, 2.24) is 25.4 Å². The molecular formula is C16H30N6. The molecule has 0 spiro atoms. The standard InChI is InChI=1S/C16H30N6/c1-13-20-21-15(22(13)3)12-19-16(17-2)18-11-7-6-10-14-8-4-5-9-14/h14H,4-12H2,1-3H3,(H2,17,18,19). The van der Waals surface area contributed by atoms with Gasteiger partial charge in [0, 0.05) is 20.6 Å². The Bertz CT molecular complexity index is 473. The second-order valence-corrected chi connectivity index (χ2v) is 6.22. The number of nitrogens with zero attached hydrogens (tertiary/aromatic N) is 4. The zero-order chi connectivity index (χ0) is 15.8. The van der Waals surface area contributed by atoms with Crippen LogP contribution in [0.1, 0.15) is 56.6 Å². The van der Waals surface area contributed by atoms with E-state index in [9.17, 15) is 0 Å². The molecule has 6 nitrogen and oxygen atoms in total. The van der Waals surface area contributed by atoms with Crippen molar-refractivity contribution in [3.63, 3.8) is 0 Å². The number of rotatable bonds is 7. The van der Waals surface area contributed by atoms with Crippen molar-refractivity contribution < 1.29 is 0 Å². The molecule has 0 saturated heterocycles. The van der Waals surface area contributed by atoms with Crippen molar-refractivity contribution in [1.29, 1.82) is 0 Å². The summed E-state index contributed by atoms with van der Waals surface area (Å²) in [4.78, 5) is 4.25. The van der Waals surface area contributed by atoms with Crippen LogP contribution in [0.2, 0.25) is 0 Å². The quantitative estimate of drug-likeness (QED) is 0.460. The summed E-state index contributed by atoms with van der Waals surface area (Å²) in [5.41, 5.74) is 0. The molecule has 0 aromatic carbocycles. The molecule has 1 aliphatic rings. The van der Waals surface area contributed by atoms with Gasteiger partial charge in [0.2, 0.25) is 0 Å². The second kappa shape index (κ2) is 8.76. The van der Waals surface area contributed by atoms with Crippen molar-refractivity contribution in [2.24, 2.45) is 18.0 Å². The molecule has 1 aromatic heterocycles. The van der Waals surface area contributed by atoms with Crippen LogP contribution in [0.15, 0.2) is 4.99 Å². The van der Waals surface area contributed by atoms with Gasteiger partial charge in [-0.2, -0.15) is 0 Å². The van der Waals surface area contributed by atoms with Crippen molar-refractivity contribution in [2.75, 3.05) is 13.6 Å². The molecule has 1 aromatic rings. The average molecular weight is 306 g/mol. The molecule has 0 atom stereocenters. The molecule has 0 bridgehead atoms. The third-order valence-corrected chi connectivity index (χ3v) is 4.63. The summed E-state index contributed by atoms with van der Waals surface area (Å²) >= 11 is 0. The van der Waals surface area contributed by atoms with Crippen LogP contribution in [0, 0.1) is 12.8 Å². The van der Waals surface area contributed by atoms with E-state index < -0.39 is 0 Å². The average Bonchev–Trinajstić information content (AvgIpc) is 3.14. The number of nitrogens with one attached hydrogen (secondary N) is 2. The molecule has 6 heteroatoms.